The number of carbonyl (C=O) groups excluding carboxylic acids is 2. The average molecular weight is 611 g/mol. The summed E-state index contributed by atoms with van der Waals surface area (Å²) in [6.45, 7) is 32.1. The number of nitrogens with zero attached hydrogens (tertiary/aromatic N) is 2. The highest BCUT2D eigenvalue weighted by Gasteiger charge is 2.20. The topological polar surface area (TPSA) is 40.6 Å². The molecule has 0 aliphatic rings. The first-order chi connectivity index (χ1) is 21.7. The van der Waals surface area contributed by atoms with Crippen LogP contribution in [-0.2, 0) is 9.59 Å². The van der Waals surface area contributed by atoms with E-state index < -0.39 is 0 Å². The van der Waals surface area contributed by atoms with Crippen LogP contribution in [0.5, 0.6) is 0 Å². The van der Waals surface area contributed by atoms with Gasteiger partial charge in [0, 0.05) is 34.4 Å². The van der Waals surface area contributed by atoms with Crippen LogP contribution in [0, 0.1) is 0 Å². The van der Waals surface area contributed by atoms with Crippen molar-refractivity contribution in [2.24, 2.45) is 0 Å². The van der Waals surface area contributed by atoms with E-state index in [0.29, 0.717) is 17.7 Å². The minimum Gasteiger partial charge on any atom is -0.281 e. The lowest BCUT2D eigenvalue weighted by molar-refractivity contribution is -0.123. The van der Waals surface area contributed by atoms with Crippen molar-refractivity contribution in [3.8, 4) is 0 Å². The predicted molar refractivity (Wildman–Crippen MR) is 202 cm³/mol. The molecule has 1 rings (SSSR count). The summed E-state index contributed by atoms with van der Waals surface area (Å²) in [7, 11) is 0. The number of rotatable bonds is 13. The van der Waals surface area contributed by atoms with Crippen molar-refractivity contribution in [1.82, 2.24) is 4.90 Å². The molecule has 2 amide bonds. The van der Waals surface area contributed by atoms with Gasteiger partial charge in [0.05, 0.1) is 0 Å². The normalized spacial score (nSPS) is 11.5. The van der Waals surface area contributed by atoms with Gasteiger partial charge in [-0.25, -0.2) is 0 Å². The van der Waals surface area contributed by atoms with Crippen LogP contribution in [-0.4, -0.2) is 16.7 Å². The lowest BCUT2D eigenvalue weighted by atomic mass is 10.1. The number of allylic oxidation sites excluding steroid dienone is 13. The van der Waals surface area contributed by atoms with Crippen molar-refractivity contribution >= 4 is 17.5 Å². The van der Waals surface area contributed by atoms with E-state index in [1.807, 2.05) is 122 Å². The Morgan fingerprint density at radius 3 is 1.80 bits per heavy atom. The maximum Gasteiger partial charge on any atom is 0.262 e. The number of hydrogen-bond acceptors (Lipinski definition) is 2. The van der Waals surface area contributed by atoms with Gasteiger partial charge in [-0.2, -0.15) is 0 Å². The first-order valence-electron chi connectivity index (χ1n) is 15.5. The summed E-state index contributed by atoms with van der Waals surface area (Å²) in [4.78, 5) is 29.8. The van der Waals surface area contributed by atoms with Crippen molar-refractivity contribution in [2.75, 3.05) is 4.90 Å². The summed E-state index contributed by atoms with van der Waals surface area (Å²) in [5.74, 6) is -0.404. The van der Waals surface area contributed by atoms with Crippen LogP contribution in [0.1, 0.15) is 75.2 Å². The fourth-order valence-electron chi connectivity index (χ4n) is 3.33. The Balaban J connectivity index is -0.00000174. The highest BCUT2D eigenvalue weighted by Crippen LogP contribution is 2.21. The molecule has 1 aromatic rings. The largest absolute Gasteiger partial charge is 0.281 e. The van der Waals surface area contributed by atoms with Crippen LogP contribution in [0.25, 0.3) is 0 Å². The monoisotopic (exact) mass is 610 g/mol. The average Bonchev–Trinajstić information content (AvgIpc) is 3.04. The van der Waals surface area contributed by atoms with E-state index in [4.69, 9.17) is 0 Å². The lowest BCUT2D eigenvalue weighted by Gasteiger charge is -2.25. The Morgan fingerprint density at radius 2 is 1.36 bits per heavy atom. The second kappa shape index (κ2) is 30.7. The quantitative estimate of drug-likeness (QED) is 0.127. The van der Waals surface area contributed by atoms with Gasteiger partial charge in [0.15, 0.2) is 0 Å². The van der Waals surface area contributed by atoms with E-state index in [9.17, 15) is 9.59 Å². The van der Waals surface area contributed by atoms with E-state index in [1.165, 1.54) is 6.08 Å². The summed E-state index contributed by atoms with van der Waals surface area (Å²) < 4.78 is 0. The highest BCUT2D eigenvalue weighted by atomic mass is 16.2. The second-order valence-electron chi connectivity index (χ2n) is 8.79. The summed E-state index contributed by atoms with van der Waals surface area (Å²) >= 11 is 0. The minimum atomic E-state index is -0.239. The maximum atomic E-state index is 13.5. The molecule has 0 bridgehead atoms. The molecule has 45 heavy (non-hydrogen) atoms. The smallest absolute Gasteiger partial charge is 0.262 e. The van der Waals surface area contributed by atoms with Crippen LogP contribution in [0.2, 0.25) is 0 Å². The van der Waals surface area contributed by atoms with E-state index in [1.54, 1.807) is 52.3 Å². The van der Waals surface area contributed by atoms with Gasteiger partial charge in [0.2, 0.25) is 0 Å². The fraction of sp³-hybridized carbons (Fsp3) is 0.268. The molecule has 0 saturated heterocycles. The van der Waals surface area contributed by atoms with Crippen molar-refractivity contribution in [3.05, 3.63) is 164 Å². The van der Waals surface area contributed by atoms with Gasteiger partial charge in [-0.3, -0.25) is 19.4 Å². The molecule has 0 aromatic heterocycles. The molecule has 4 heteroatoms. The number of carbonyl (C=O) groups is 2. The number of benzene rings is 1. The van der Waals surface area contributed by atoms with Crippen LogP contribution in [0.4, 0.5) is 5.69 Å². The lowest BCUT2D eigenvalue weighted by Crippen LogP contribution is -2.29. The Kier molecular flexibility index (Phi) is 30.6. The minimum absolute atomic E-state index is 0.165. The Bertz CT molecular complexity index is 1240. The van der Waals surface area contributed by atoms with Gasteiger partial charge in [-0.05, 0) is 83.9 Å². The van der Waals surface area contributed by atoms with Crippen LogP contribution in [0.15, 0.2) is 164 Å². The molecular weight excluding hydrogens is 552 g/mol. The molecule has 0 aliphatic heterocycles. The summed E-state index contributed by atoms with van der Waals surface area (Å²) in [6.07, 6.45) is 26.5. The van der Waals surface area contributed by atoms with Crippen molar-refractivity contribution < 1.29 is 9.59 Å². The maximum absolute atomic E-state index is 13.5. The zero-order chi connectivity index (χ0) is 35.0. The third-order valence-electron chi connectivity index (χ3n) is 5.32. The standard InChI is InChI=1S/C32H38N2O2.C4H8.C3H6.C2H6/c1-8-18-27(7)33(30-23-14-13-15-24-30)31(35)25-17-16-22-28(19-9-2)32(36)34(26(6)12-5)29(20-10-3)21-11-4;1-3-4-2;1-3-2;1-2/h8,10-25H,3,7,9H2,1-2,4-6H3;3H,1,4H2,2H3;3H,1H2,2H3;1-2H3/b18-8-,21-11-,22-16-,25-17+,26-12+,28-19+,29-20+;;;. The zero-order valence-electron chi connectivity index (χ0n) is 29.4. The molecule has 0 fully saturated rings. The number of hydrogen-bond donors (Lipinski definition) is 0. The molecule has 4 nitrogen and oxygen atoms in total. The van der Waals surface area contributed by atoms with Gasteiger partial charge in [-0.15, -0.1) is 13.2 Å². The van der Waals surface area contributed by atoms with Gasteiger partial charge >= 0.3 is 0 Å². The number of anilines is 1. The van der Waals surface area contributed by atoms with Gasteiger partial charge < -0.3 is 0 Å². The third kappa shape index (κ3) is 19.2. The second-order valence-corrected chi connectivity index (χ2v) is 8.79. The Morgan fingerprint density at radius 1 is 0.822 bits per heavy atom. The molecule has 0 aliphatic carbocycles. The molecule has 1 aromatic carbocycles. The third-order valence-corrected chi connectivity index (χ3v) is 5.32. The zero-order valence-corrected chi connectivity index (χ0v) is 29.4. The summed E-state index contributed by atoms with van der Waals surface area (Å²) in [6, 6.07) is 9.35. The Hall–Kier alpha value is -4.70. The summed E-state index contributed by atoms with van der Waals surface area (Å²) in [5, 5.41) is 0. The first-order valence-corrected chi connectivity index (χ1v) is 15.5. The van der Waals surface area contributed by atoms with Crippen LogP contribution >= 0.6 is 0 Å². The van der Waals surface area contributed by atoms with E-state index in [2.05, 4.69) is 33.2 Å². The van der Waals surface area contributed by atoms with E-state index in [-0.39, 0.29) is 11.8 Å². The Labute approximate surface area is 275 Å². The first kappa shape index (κ1) is 44.7. The molecule has 0 atom stereocenters. The van der Waals surface area contributed by atoms with E-state index >= 15 is 0 Å². The van der Waals surface area contributed by atoms with Crippen LogP contribution in [0.3, 0.4) is 0 Å². The van der Waals surface area contributed by atoms with Crippen molar-refractivity contribution in [1.29, 1.82) is 0 Å². The van der Waals surface area contributed by atoms with Crippen molar-refractivity contribution in [3.63, 3.8) is 0 Å². The van der Waals surface area contributed by atoms with Crippen molar-refractivity contribution in [2.45, 2.75) is 75.2 Å². The predicted octanol–water partition coefficient (Wildman–Crippen LogP) is 11.8. The molecular formula is C41H58N2O2. The number of para-hydroxylation sites is 1. The van der Waals surface area contributed by atoms with Gasteiger partial charge in [0.1, 0.15) is 0 Å². The van der Waals surface area contributed by atoms with E-state index in [0.717, 1.165) is 23.5 Å². The van der Waals surface area contributed by atoms with Gasteiger partial charge in [-0.1, -0.05) is 114 Å². The fourth-order valence-corrected chi connectivity index (χ4v) is 3.33. The molecule has 0 saturated carbocycles. The molecule has 0 spiro atoms. The molecule has 0 N–H and O–H groups in total. The SMILES string of the molecule is C=C/C=C(\C=C/C)N(C(=O)C(/C=C\C=C\C(=O)N(C(=C)/C=C\C)c1ccccc1)=C/CC)/C(C)=C/C.C=CC.C=CCC.CC. The highest BCUT2D eigenvalue weighted by molar-refractivity contribution is 6.04. The molecule has 0 heterocycles. The van der Waals surface area contributed by atoms with Crippen LogP contribution < -0.4 is 4.90 Å². The molecule has 0 unspecified atom stereocenters. The summed E-state index contributed by atoms with van der Waals surface area (Å²) in [5.41, 5.74) is 3.33. The molecule has 244 valence electrons. The number of amides is 2. The molecule has 0 radical (unpaired) electrons. The van der Waals surface area contributed by atoms with Gasteiger partial charge in [0.25, 0.3) is 11.8 Å².